The van der Waals surface area contributed by atoms with Crippen molar-refractivity contribution in [1.29, 1.82) is 0 Å². The lowest BCUT2D eigenvalue weighted by Gasteiger charge is -2.13. The van der Waals surface area contributed by atoms with Gasteiger partial charge in [-0.05, 0) is 84.9 Å². The number of fused-ring (bicyclic) bond motifs is 12. The van der Waals surface area contributed by atoms with E-state index in [9.17, 15) is 0 Å². The zero-order valence-electron chi connectivity index (χ0n) is 30.0. The second-order valence-corrected chi connectivity index (χ2v) is 15.5. The van der Waals surface area contributed by atoms with Crippen LogP contribution in [0.3, 0.4) is 0 Å². The summed E-state index contributed by atoms with van der Waals surface area (Å²) < 4.78 is 8.80. The molecule has 0 aliphatic rings. The van der Waals surface area contributed by atoms with Crippen LogP contribution in [0.5, 0.6) is 0 Å². The molecule has 9 aromatic carbocycles. The molecular weight excluding hydrogens is 701 g/mol. The van der Waals surface area contributed by atoms with Crippen LogP contribution < -0.4 is 0 Å². The standard InChI is InChI=1S/C52H30N2OS/c1-2-11-31(12-3-1)32-21-23-33(24-22-32)34-26-28-45-44(29-34)48-42(18-10-19-46(48)55-45)52-53-49(51-50(54-52)41-17-8-9-20-47(41)56-51)35-25-27-40-38-15-5-4-13-36(38)37-14-6-7-16-39(37)43(40)30-35/h1-30H. The monoisotopic (exact) mass is 730 g/mol. The molecule has 0 aliphatic heterocycles. The maximum absolute atomic E-state index is 6.51. The van der Waals surface area contributed by atoms with Gasteiger partial charge in [0.1, 0.15) is 11.2 Å². The second-order valence-electron chi connectivity index (χ2n) is 14.5. The van der Waals surface area contributed by atoms with Crippen molar-refractivity contribution in [3.8, 4) is 44.9 Å². The SMILES string of the molecule is c1ccc(-c2ccc(-c3ccc4oc5cccc(-c6nc(-c7ccc8c9ccccc9c9ccccc9c8c7)c7sc8ccccc8c7n6)c5c4c3)cc2)cc1. The molecule has 4 heteroatoms. The number of nitrogens with zero attached hydrogens (tertiary/aromatic N) is 2. The predicted octanol–water partition coefficient (Wildman–Crippen LogP) is 14.9. The van der Waals surface area contributed by atoms with E-state index in [0.29, 0.717) is 5.82 Å². The molecule has 0 fully saturated rings. The molecular formula is C52H30N2OS. The van der Waals surface area contributed by atoms with Gasteiger partial charge >= 0.3 is 0 Å². The van der Waals surface area contributed by atoms with E-state index in [-0.39, 0.29) is 0 Å². The fraction of sp³-hybridized carbons (Fsp3) is 0. The number of aromatic nitrogens is 2. The summed E-state index contributed by atoms with van der Waals surface area (Å²) in [5, 5.41) is 10.7. The molecule has 3 heterocycles. The number of hydrogen-bond donors (Lipinski definition) is 0. The second kappa shape index (κ2) is 12.2. The average Bonchev–Trinajstić information content (AvgIpc) is 3.85. The molecule has 0 spiro atoms. The van der Waals surface area contributed by atoms with Crippen molar-refractivity contribution in [2.75, 3.05) is 0 Å². The first kappa shape index (κ1) is 31.2. The third kappa shape index (κ3) is 4.76. The summed E-state index contributed by atoms with van der Waals surface area (Å²) in [6, 6.07) is 64.9. The van der Waals surface area contributed by atoms with E-state index in [4.69, 9.17) is 14.4 Å². The van der Waals surface area contributed by atoms with Crippen LogP contribution in [0.2, 0.25) is 0 Å². The Morgan fingerprint density at radius 1 is 0.375 bits per heavy atom. The Kier molecular flexibility index (Phi) is 6.80. The first-order valence-electron chi connectivity index (χ1n) is 18.9. The normalized spacial score (nSPS) is 11.9. The fourth-order valence-electron chi connectivity index (χ4n) is 8.64. The molecule has 0 atom stereocenters. The Bertz CT molecular complexity index is 3490. The molecule has 3 nitrogen and oxygen atoms in total. The molecule has 3 aromatic heterocycles. The van der Waals surface area contributed by atoms with Gasteiger partial charge in [-0.3, -0.25) is 0 Å². The van der Waals surface area contributed by atoms with Crippen LogP contribution in [0.1, 0.15) is 0 Å². The summed E-state index contributed by atoms with van der Waals surface area (Å²) in [5.74, 6) is 0.686. The molecule has 0 radical (unpaired) electrons. The summed E-state index contributed by atoms with van der Waals surface area (Å²) in [7, 11) is 0. The predicted molar refractivity (Wildman–Crippen MR) is 236 cm³/mol. The van der Waals surface area contributed by atoms with Crippen LogP contribution in [-0.2, 0) is 0 Å². The third-order valence-electron chi connectivity index (χ3n) is 11.3. The minimum atomic E-state index is 0.686. The van der Waals surface area contributed by atoms with E-state index in [1.54, 1.807) is 11.3 Å². The van der Waals surface area contributed by atoms with Gasteiger partial charge in [0, 0.05) is 32.0 Å². The smallest absolute Gasteiger partial charge is 0.161 e. The summed E-state index contributed by atoms with van der Waals surface area (Å²) in [4.78, 5) is 10.9. The summed E-state index contributed by atoms with van der Waals surface area (Å²) in [5.41, 5.74) is 10.3. The van der Waals surface area contributed by atoms with Gasteiger partial charge < -0.3 is 4.42 Å². The van der Waals surface area contributed by atoms with Crippen LogP contribution >= 0.6 is 11.3 Å². The number of rotatable bonds is 4. The summed E-state index contributed by atoms with van der Waals surface area (Å²) in [6.07, 6.45) is 0. The van der Waals surface area contributed by atoms with Gasteiger partial charge in [-0.2, -0.15) is 0 Å². The average molecular weight is 731 g/mol. The maximum atomic E-state index is 6.51. The van der Waals surface area contributed by atoms with Gasteiger partial charge in [0.2, 0.25) is 0 Å². The zero-order chi connectivity index (χ0) is 36.7. The molecule has 0 unspecified atom stereocenters. The van der Waals surface area contributed by atoms with Gasteiger partial charge in [0.25, 0.3) is 0 Å². The quantitative estimate of drug-likeness (QED) is 0.169. The Hall–Kier alpha value is -7.14. The summed E-state index contributed by atoms with van der Waals surface area (Å²) >= 11 is 1.76. The van der Waals surface area contributed by atoms with Crippen molar-refractivity contribution < 1.29 is 4.42 Å². The van der Waals surface area contributed by atoms with Crippen molar-refractivity contribution in [2.45, 2.75) is 0 Å². The van der Waals surface area contributed by atoms with Gasteiger partial charge in [-0.1, -0.05) is 152 Å². The lowest BCUT2D eigenvalue weighted by molar-refractivity contribution is 0.669. The van der Waals surface area contributed by atoms with Crippen molar-refractivity contribution >= 4 is 85.9 Å². The molecule has 12 rings (SSSR count). The van der Waals surface area contributed by atoms with Crippen molar-refractivity contribution in [1.82, 2.24) is 9.97 Å². The Morgan fingerprint density at radius 3 is 1.70 bits per heavy atom. The van der Waals surface area contributed by atoms with E-state index in [0.717, 1.165) is 65.5 Å². The maximum Gasteiger partial charge on any atom is 0.161 e. The number of thiophene rings is 1. The molecule has 0 N–H and O–H groups in total. The molecule has 12 aromatic rings. The molecule has 0 bridgehead atoms. The van der Waals surface area contributed by atoms with E-state index in [1.807, 2.05) is 6.07 Å². The van der Waals surface area contributed by atoms with Crippen LogP contribution in [0.4, 0.5) is 0 Å². The number of hydrogen-bond acceptors (Lipinski definition) is 4. The minimum absolute atomic E-state index is 0.686. The van der Waals surface area contributed by atoms with E-state index < -0.39 is 0 Å². The lowest BCUT2D eigenvalue weighted by atomic mass is 9.93. The molecule has 260 valence electrons. The number of furan rings is 1. The van der Waals surface area contributed by atoms with Crippen LogP contribution in [0.15, 0.2) is 186 Å². The first-order chi connectivity index (χ1) is 27.7. The van der Waals surface area contributed by atoms with Crippen LogP contribution in [0, 0.1) is 0 Å². The van der Waals surface area contributed by atoms with Crippen molar-refractivity contribution in [3.63, 3.8) is 0 Å². The Labute approximate surface area is 325 Å². The molecule has 56 heavy (non-hydrogen) atoms. The molecule has 0 saturated carbocycles. The highest BCUT2D eigenvalue weighted by atomic mass is 32.1. The van der Waals surface area contributed by atoms with Gasteiger partial charge in [0.15, 0.2) is 5.82 Å². The highest BCUT2D eigenvalue weighted by Crippen LogP contribution is 2.44. The highest BCUT2D eigenvalue weighted by Gasteiger charge is 2.21. The van der Waals surface area contributed by atoms with E-state index >= 15 is 0 Å². The minimum Gasteiger partial charge on any atom is -0.456 e. The van der Waals surface area contributed by atoms with Crippen LogP contribution in [0.25, 0.3) is 119 Å². The van der Waals surface area contributed by atoms with Crippen molar-refractivity contribution in [3.05, 3.63) is 182 Å². The Balaban J connectivity index is 1.08. The number of benzene rings is 9. The van der Waals surface area contributed by atoms with Gasteiger partial charge in [-0.25, -0.2) is 9.97 Å². The fourth-order valence-corrected chi connectivity index (χ4v) is 9.79. The largest absolute Gasteiger partial charge is 0.456 e. The third-order valence-corrected chi connectivity index (χ3v) is 12.5. The summed E-state index contributed by atoms with van der Waals surface area (Å²) in [6.45, 7) is 0. The Morgan fingerprint density at radius 2 is 0.946 bits per heavy atom. The zero-order valence-corrected chi connectivity index (χ0v) is 30.8. The van der Waals surface area contributed by atoms with Gasteiger partial charge in [0.05, 0.1) is 15.9 Å². The molecule has 0 saturated heterocycles. The molecule has 0 aliphatic carbocycles. The highest BCUT2D eigenvalue weighted by molar-refractivity contribution is 7.26. The van der Waals surface area contributed by atoms with Crippen LogP contribution in [-0.4, -0.2) is 9.97 Å². The molecule has 0 amide bonds. The van der Waals surface area contributed by atoms with Gasteiger partial charge in [-0.15, -0.1) is 11.3 Å². The first-order valence-corrected chi connectivity index (χ1v) is 19.7. The topological polar surface area (TPSA) is 38.9 Å². The van der Waals surface area contributed by atoms with E-state index in [2.05, 4.69) is 176 Å². The van der Waals surface area contributed by atoms with Crippen molar-refractivity contribution in [2.24, 2.45) is 0 Å². The lowest BCUT2D eigenvalue weighted by Crippen LogP contribution is -1.94. The van der Waals surface area contributed by atoms with E-state index in [1.165, 1.54) is 48.1 Å².